The SMILES string of the molecule is CC(C)(C)OC(=O)C1CCCN1CCCN(C(=O)c1cc(Cl)cc(OCCN(C(=O)OC(C)(C)C)c2ccncc2)c1)c1ccccc1F. The van der Waals surface area contributed by atoms with E-state index in [4.69, 9.17) is 25.8 Å². The molecule has 2 heterocycles. The first-order valence-electron chi connectivity index (χ1n) is 16.5. The lowest BCUT2D eigenvalue weighted by Gasteiger charge is -2.29. The minimum Gasteiger partial charge on any atom is -0.492 e. The average Bonchev–Trinajstić information content (AvgIpc) is 3.49. The summed E-state index contributed by atoms with van der Waals surface area (Å²) in [4.78, 5) is 48.8. The van der Waals surface area contributed by atoms with Crippen molar-refractivity contribution in [3.05, 3.63) is 83.4 Å². The highest BCUT2D eigenvalue weighted by Gasteiger charge is 2.34. The number of nitrogens with zero attached hydrogens (tertiary/aromatic N) is 4. The number of halogens is 2. The molecule has 3 aromatic rings. The quantitative estimate of drug-likeness (QED) is 0.179. The van der Waals surface area contributed by atoms with E-state index in [0.717, 1.165) is 13.0 Å². The molecule has 1 aliphatic rings. The van der Waals surface area contributed by atoms with Crippen LogP contribution in [-0.2, 0) is 14.3 Å². The van der Waals surface area contributed by atoms with Gasteiger partial charge in [0.25, 0.3) is 5.91 Å². The zero-order valence-electron chi connectivity index (χ0n) is 29.1. The molecule has 1 atom stereocenters. The number of para-hydroxylation sites is 1. The van der Waals surface area contributed by atoms with Gasteiger partial charge >= 0.3 is 12.1 Å². The third kappa shape index (κ3) is 11.2. The third-order valence-electron chi connectivity index (χ3n) is 7.55. The summed E-state index contributed by atoms with van der Waals surface area (Å²) in [5.74, 6) is -0.954. The number of hydrogen-bond donors (Lipinski definition) is 0. The number of aromatic nitrogens is 1. The minimum atomic E-state index is -0.705. The van der Waals surface area contributed by atoms with Crippen LogP contribution < -0.4 is 14.5 Å². The molecule has 12 heteroatoms. The molecule has 1 aliphatic heterocycles. The van der Waals surface area contributed by atoms with E-state index in [1.54, 1.807) is 75.6 Å². The Labute approximate surface area is 293 Å². The van der Waals surface area contributed by atoms with E-state index in [-0.39, 0.29) is 48.0 Å². The summed E-state index contributed by atoms with van der Waals surface area (Å²) in [6.07, 6.45) is 4.66. The molecule has 2 amide bonds. The number of pyridine rings is 1. The van der Waals surface area contributed by atoms with Crippen LogP contribution in [0.3, 0.4) is 0 Å². The molecule has 2 aromatic carbocycles. The van der Waals surface area contributed by atoms with Crippen LogP contribution >= 0.6 is 11.6 Å². The molecule has 1 fully saturated rings. The van der Waals surface area contributed by atoms with Gasteiger partial charge < -0.3 is 19.1 Å². The standard InChI is InChI=1S/C37H46ClFN4O6/c1-36(2,3)48-34(45)32-13-9-18-41(32)19-10-20-43(31-12-8-7-11-30(31)39)33(44)26-23-27(38)25-29(24-26)47-22-21-42(28-14-16-40-17-15-28)35(46)49-37(4,5)6/h7-8,11-12,14-17,23-25,32H,9-10,13,18-22H2,1-6H3. The number of carbonyl (C=O) groups excluding carboxylic acids is 3. The van der Waals surface area contributed by atoms with Gasteiger partial charge in [0.1, 0.15) is 35.4 Å². The molecule has 0 bridgehead atoms. The van der Waals surface area contributed by atoms with Gasteiger partial charge in [-0.1, -0.05) is 23.7 Å². The van der Waals surface area contributed by atoms with Gasteiger partial charge in [0.05, 0.1) is 17.9 Å². The van der Waals surface area contributed by atoms with E-state index in [9.17, 15) is 14.4 Å². The van der Waals surface area contributed by atoms with Crippen LogP contribution in [0.5, 0.6) is 5.75 Å². The Morgan fingerprint density at radius 1 is 0.939 bits per heavy atom. The lowest BCUT2D eigenvalue weighted by atomic mass is 10.1. The molecule has 4 rings (SSSR count). The topological polar surface area (TPSA) is 102 Å². The molecule has 0 saturated carbocycles. The Hall–Kier alpha value is -4.22. The van der Waals surface area contributed by atoms with Crippen molar-refractivity contribution >= 4 is 40.9 Å². The number of anilines is 2. The van der Waals surface area contributed by atoms with Crippen molar-refractivity contribution in [3.8, 4) is 5.75 Å². The molecule has 1 unspecified atom stereocenters. The van der Waals surface area contributed by atoms with Gasteiger partial charge in [-0.3, -0.25) is 24.4 Å². The highest BCUT2D eigenvalue weighted by molar-refractivity contribution is 6.31. The molecule has 0 spiro atoms. The Morgan fingerprint density at radius 2 is 1.63 bits per heavy atom. The van der Waals surface area contributed by atoms with Crippen molar-refractivity contribution in [2.45, 2.75) is 78.0 Å². The number of carbonyl (C=O) groups is 3. The Morgan fingerprint density at radius 3 is 2.31 bits per heavy atom. The van der Waals surface area contributed by atoms with Gasteiger partial charge in [-0.15, -0.1) is 0 Å². The molecule has 0 N–H and O–H groups in total. The third-order valence-corrected chi connectivity index (χ3v) is 7.77. The van der Waals surface area contributed by atoms with Crippen LogP contribution in [-0.4, -0.2) is 77.9 Å². The second-order valence-electron chi connectivity index (χ2n) is 13.9. The van der Waals surface area contributed by atoms with Gasteiger partial charge in [-0.05, 0) is 110 Å². The molecule has 0 aliphatic carbocycles. The monoisotopic (exact) mass is 696 g/mol. The second-order valence-corrected chi connectivity index (χ2v) is 14.3. The second kappa shape index (κ2) is 16.5. The van der Waals surface area contributed by atoms with E-state index in [1.165, 1.54) is 21.9 Å². The minimum absolute atomic E-state index is 0.0568. The van der Waals surface area contributed by atoms with E-state index in [2.05, 4.69) is 9.88 Å². The molecule has 0 radical (unpaired) electrons. The van der Waals surface area contributed by atoms with E-state index < -0.39 is 29.0 Å². The maximum atomic E-state index is 15.1. The van der Waals surface area contributed by atoms with Crippen molar-refractivity contribution in [1.82, 2.24) is 9.88 Å². The number of ether oxygens (including phenoxy) is 3. The number of rotatable bonds is 12. The van der Waals surface area contributed by atoms with Gasteiger partial charge in [-0.25, -0.2) is 9.18 Å². The zero-order valence-corrected chi connectivity index (χ0v) is 29.8. The molecule has 264 valence electrons. The van der Waals surface area contributed by atoms with Crippen molar-refractivity contribution in [2.24, 2.45) is 0 Å². The highest BCUT2D eigenvalue weighted by Crippen LogP contribution is 2.27. The summed E-state index contributed by atoms with van der Waals surface area (Å²) >= 11 is 6.45. The zero-order chi connectivity index (χ0) is 35.8. The lowest BCUT2D eigenvalue weighted by molar-refractivity contribution is -0.160. The van der Waals surface area contributed by atoms with E-state index in [1.807, 2.05) is 20.8 Å². The molecule has 49 heavy (non-hydrogen) atoms. The fourth-order valence-electron chi connectivity index (χ4n) is 5.51. The summed E-state index contributed by atoms with van der Waals surface area (Å²) in [5.41, 5.74) is -0.372. The number of likely N-dealkylation sites (tertiary alicyclic amines) is 1. The van der Waals surface area contributed by atoms with Gasteiger partial charge in [0.15, 0.2) is 0 Å². The predicted molar refractivity (Wildman–Crippen MR) is 188 cm³/mol. The van der Waals surface area contributed by atoms with Crippen molar-refractivity contribution in [2.75, 3.05) is 42.6 Å². The summed E-state index contributed by atoms with van der Waals surface area (Å²) in [6.45, 7) is 12.5. The van der Waals surface area contributed by atoms with E-state index in [0.29, 0.717) is 30.8 Å². The highest BCUT2D eigenvalue weighted by atomic mass is 35.5. The average molecular weight is 697 g/mol. The van der Waals surface area contributed by atoms with Crippen LogP contribution in [0.25, 0.3) is 0 Å². The first-order valence-corrected chi connectivity index (χ1v) is 16.9. The number of amides is 2. The van der Waals surface area contributed by atoms with Crippen LogP contribution in [0.1, 0.15) is 71.2 Å². The van der Waals surface area contributed by atoms with Crippen molar-refractivity contribution in [1.29, 1.82) is 0 Å². The Bertz CT molecular complexity index is 1590. The van der Waals surface area contributed by atoms with Crippen LogP contribution in [0.15, 0.2) is 67.0 Å². The lowest BCUT2D eigenvalue weighted by Crippen LogP contribution is -2.42. The Kier molecular flexibility index (Phi) is 12.6. The molecular formula is C37H46ClFN4O6. The molecule has 1 saturated heterocycles. The largest absolute Gasteiger partial charge is 0.492 e. The van der Waals surface area contributed by atoms with E-state index >= 15 is 4.39 Å². The first-order chi connectivity index (χ1) is 23.1. The number of benzene rings is 2. The fraction of sp³-hybridized carbons (Fsp3) is 0.459. The number of hydrogen-bond acceptors (Lipinski definition) is 8. The van der Waals surface area contributed by atoms with Gasteiger partial charge in [0, 0.05) is 36.1 Å². The fourth-order valence-corrected chi connectivity index (χ4v) is 5.74. The normalized spacial score (nSPS) is 15.1. The molecule has 1 aromatic heterocycles. The van der Waals surface area contributed by atoms with Crippen LogP contribution in [0.2, 0.25) is 5.02 Å². The predicted octanol–water partition coefficient (Wildman–Crippen LogP) is 7.54. The van der Waals surface area contributed by atoms with Crippen molar-refractivity contribution in [3.63, 3.8) is 0 Å². The van der Waals surface area contributed by atoms with Gasteiger partial charge in [-0.2, -0.15) is 0 Å². The summed E-state index contributed by atoms with van der Waals surface area (Å²) in [5, 5.41) is 0.254. The maximum absolute atomic E-state index is 15.1. The van der Waals surface area contributed by atoms with Crippen LogP contribution in [0.4, 0.5) is 20.6 Å². The summed E-state index contributed by atoms with van der Waals surface area (Å²) in [6, 6.07) is 13.8. The van der Waals surface area contributed by atoms with Crippen LogP contribution in [0, 0.1) is 5.82 Å². The smallest absolute Gasteiger partial charge is 0.414 e. The number of esters is 1. The molecule has 10 nitrogen and oxygen atoms in total. The summed E-state index contributed by atoms with van der Waals surface area (Å²) < 4.78 is 32.3. The Balaban J connectivity index is 1.48. The first kappa shape index (κ1) is 37.6. The summed E-state index contributed by atoms with van der Waals surface area (Å²) in [7, 11) is 0. The molecular weight excluding hydrogens is 651 g/mol. The van der Waals surface area contributed by atoms with Gasteiger partial charge in [0.2, 0.25) is 0 Å². The van der Waals surface area contributed by atoms with Crippen molar-refractivity contribution < 1.29 is 33.0 Å². The maximum Gasteiger partial charge on any atom is 0.414 e.